The zero-order valence-corrected chi connectivity index (χ0v) is 23.6. The van der Waals surface area contributed by atoms with Gasteiger partial charge in [0.25, 0.3) is 0 Å². The summed E-state index contributed by atoms with van der Waals surface area (Å²) in [5.41, 5.74) is -0.924. The molecule has 0 unspecified atom stereocenters. The van der Waals surface area contributed by atoms with E-state index in [0.29, 0.717) is 71.1 Å². The summed E-state index contributed by atoms with van der Waals surface area (Å²) in [5.74, 6) is 0.835. The number of fused-ring (bicyclic) bond motifs is 1. The topological polar surface area (TPSA) is 156 Å². The average molecular weight is 563 g/mol. The summed E-state index contributed by atoms with van der Waals surface area (Å²) in [7, 11) is 0. The Labute approximate surface area is 230 Å². The van der Waals surface area contributed by atoms with Gasteiger partial charge in [-0.3, -0.25) is 9.59 Å². The largest absolute Gasteiger partial charge is 0.389 e. The van der Waals surface area contributed by atoms with Gasteiger partial charge in [-0.15, -0.1) is 0 Å². The van der Waals surface area contributed by atoms with Gasteiger partial charge in [0.05, 0.1) is 70.5 Å². The zero-order chi connectivity index (χ0) is 27.6. The van der Waals surface area contributed by atoms with E-state index in [1.54, 1.807) is 13.8 Å². The first-order chi connectivity index (χ1) is 18.2. The molecule has 0 saturated carbocycles. The molecule has 38 heavy (non-hydrogen) atoms. The first kappa shape index (κ1) is 32.6. The lowest BCUT2D eigenvalue weighted by Crippen LogP contribution is -2.38. The van der Waals surface area contributed by atoms with Crippen molar-refractivity contribution in [3.63, 3.8) is 0 Å². The molecule has 2 fully saturated rings. The number of carbonyl (C=O) groups is 3. The number of hydrogen-bond donors (Lipinski definition) is 5. The Morgan fingerprint density at radius 1 is 0.895 bits per heavy atom. The van der Waals surface area contributed by atoms with Crippen molar-refractivity contribution in [2.45, 2.75) is 68.9 Å². The third kappa shape index (κ3) is 15.1. The van der Waals surface area contributed by atoms with Crippen LogP contribution < -0.4 is 21.3 Å². The van der Waals surface area contributed by atoms with Crippen LogP contribution in [0.1, 0.15) is 46.0 Å². The molecule has 0 aromatic heterocycles. The third-order valence-corrected chi connectivity index (χ3v) is 7.47. The molecule has 0 radical (unpaired) electrons. The minimum atomic E-state index is -0.924. The second-order valence-electron chi connectivity index (χ2n) is 10.0. The summed E-state index contributed by atoms with van der Waals surface area (Å²) in [6, 6.07) is 0.403. The van der Waals surface area contributed by atoms with Crippen LogP contribution in [0.5, 0.6) is 0 Å². The van der Waals surface area contributed by atoms with E-state index in [1.807, 2.05) is 11.8 Å². The highest BCUT2D eigenvalue weighted by atomic mass is 32.2. The van der Waals surface area contributed by atoms with E-state index in [-0.39, 0.29) is 42.9 Å². The van der Waals surface area contributed by atoms with Gasteiger partial charge in [-0.25, -0.2) is 4.79 Å². The Morgan fingerprint density at radius 3 is 2.16 bits per heavy atom. The van der Waals surface area contributed by atoms with Gasteiger partial charge in [0.2, 0.25) is 11.8 Å². The van der Waals surface area contributed by atoms with Crippen molar-refractivity contribution in [2.24, 2.45) is 0 Å². The number of unbranched alkanes of at least 4 members (excludes halogenated alkanes) is 1. The van der Waals surface area contributed by atoms with Gasteiger partial charge in [-0.05, 0) is 26.7 Å². The molecular formula is C25H46N4O8S. The van der Waals surface area contributed by atoms with Gasteiger partial charge in [-0.1, -0.05) is 6.42 Å². The molecule has 12 nitrogen and oxygen atoms in total. The lowest BCUT2D eigenvalue weighted by atomic mass is 10.0. The second kappa shape index (κ2) is 18.6. The van der Waals surface area contributed by atoms with Gasteiger partial charge in [-0.2, -0.15) is 11.8 Å². The predicted molar refractivity (Wildman–Crippen MR) is 144 cm³/mol. The van der Waals surface area contributed by atoms with Crippen molar-refractivity contribution >= 4 is 29.6 Å². The van der Waals surface area contributed by atoms with Crippen LogP contribution in [0.25, 0.3) is 0 Å². The fraction of sp³-hybridized carbons (Fsp3) is 0.880. The van der Waals surface area contributed by atoms with Crippen molar-refractivity contribution in [2.75, 3.05) is 71.7 Å². The SMILES string of the molecule is CC(C)(O)CNC(=O)CCOCCOCCOCCOCCNC(=O)CCCC[C@@H]1SC[C@@H]2NC(=O)N[C@@H]21. The predicted octanol–water partition coefficient (Wildman–Crippen LogP) is 0.172. The maximum atomic E-state index is 12.0. The van der Waals surface area contributed by atoms with E-state index in [9.17, 15) is 19.5 Å². The Hall–Kier alpha value is -1.64. The molecule has 0 bridgehead atoms. The maximum absolute atomic E-state index is 12.0. The Kier molecular flexibility index (Phi) is 16.0. The monoisotopic (exact) mass is 562 g/mol. The molecule has 2 saturated heterocycles. The Balaban J connectivity index is 1.26. The van der Waals surface area contributed by atoms with Gasteiger partial charge in [0, 0.05) is 36.9 Å². The average Bonchev–Trinajstić information content (AvgIpc) is 3.41. The van der Waals surface area contributed by atoms with Crippen LogP contribution in [0.15, 0.2) is 0 Å². The van der Waals surface area contributed by atoms with Crippen molar-refractivity contribution in [3.8, 4) is 0 Å². The minimum absolute atomic E-state index is 0.0350. The van der Waals surface area contributed by atoms with E-state index in [4.69, 9.17) is 18.9 Å². The molecule has 5 N–H and O–H groups in total. The fourth-order valence-electron chi connectivity index (χ4n) is 3.96. The third-order valence-electron chi connectivity index (χ3n) is 5.96. The van der Waals surface area contributed by atoms with Crippen LogP contribution >= 0.6 is 11.8 Å². The molecule has 2 aliphatic heterocycles. The summed E-state index contributed by atoms with van der Waals surface area (Å²) in [5, 5.41) is 21.4. The first-order valence-corrected chi connectivity index (χ1v) is 14.5. The molecule has 0 aliphatic carbocycles. The number of amides is 4. The molecule has 0 spiro atoms. The number of thioether (sulfide) groups is 1. The second-order valence-corrected chi connectivity index (χ2v) is 11.3. The number of nitrogens with one attached hydrogen (secondary N) is 4. The molecule has 3 atom stereocenters. The van der Waals surface area contributed by atoms with Gasteiger partial charge < -0.3 is 45.3 Å². The van der Waals surface area contributed by atoms with Crippen LogP contribution in [0, 0.1) is 0 Å². The fourth-order valence-corrected chi connectivity index (χ4v) is 5.50. The van der Waals surface area contributed by atoms with Crippen LogP contribution in [0.4, 0.5) is 4.79 Å². The normalized spacial score (nSPS) is 20.6. The van der Waals surface area contributed by atoms with E-state index in [1.165, 1.54) is 0 Å². The number of hydrogen-bond acceptors (Lipinski definition) is 9. The first-order valence-electron chi connectivity index (χ1n) is 13.5. The Bertz CT molecular complexity index is 709. The van der Waals surface area contributed by atoms with Crippen molar-refractivity contribution in [1.82, 2.24) is 21.3 Å². The molecule has 2 aliphatic rings. The van der Waals surface area contributed by atoms with E-state index < -0.39 is 5.60 Å². The van der Waals surface area contributed by atoms with E-state index in [2.05, 4.69) is 21.3 Å². The number of ether oxygens (including phenoxy) is 4. The summed E-state index contributed by atoms with van der Waals surface area (Å²) >= 11 is 1.90. The smallest absolute Gasteiger partial charge is 0.315 e. The van der Waals surface area contributed by atoms with Crippen LogP contribution in [0.2, 0.25) is 0 Å². The van der Waals surface area contributed by atoms with Gasteiger partial charge in [0.15, 0.2) is 0 Å². The number of carbonyl (C=O) groups excluding carboxylic acids is 3. The lowest BCUT2D eigenvalue weighted by Gasteiger charge is -2.17. The Morgan fingerprint density at radius 2 is 1.50 bits per heavy atom. The summed E-state index contributed by atoms with van der Waals surface area (Å²) in [6.07, 6.45) is 3.56. The van der Waals surface area contributed by atoms with Crippen molar-refractivity contribution in [1.29, 1.82) is 0 Å². The number of rotatable bonds is 22. The highest BCUT2D eigenvalue weighted by Crippen LogP contribution is 2.33. The van der Waals surface area contributed by atoms with Gasteiger partial charge in [0.1, 0.15) is 0 Å². The quantitative estimate of drug-likeness (QED) is 0.0917. The number of aliphatic hydroxyl groups is 1. The highest BCUT2D eigenvalue weighted by Gasteiger charge is 2.42. The summed E-state index contributed by atoms with van der Waals surface area (Å²) < 4.78 is 21.6. The van der Waals surface area contributed by atoms with Crippen LogP contribution in [-0.4, -0.2) is 118 Å². The molecular weight excluding hydrogens is 516 g/mol. The van der Waals surface area contributed by atoms with Crippen molar-refractivity contribution < 1.29 is 38.4 Å². The van der Waals surface area contributed by atoms with Crippen LogP contribution in [0.3, 0.4) is 0 Å². The lowest BCUT2D eigenvalue weighted by molar-refractivity contribution is -0.123. The molecule has 2 rings (SSSR count). The zero-order valence-electron chi connectivity index (χ0n) is 22.8. The molecule has 0 aromatic carbocycles. The van der Waals surface area contributed by atoms with E-state index >= 15 is 0 Å². The minimum Gasteiger partial charge on any atom is -0.389 e. The molecule has 2 heterocycles. The summed E-state index contributed by atoms with van der Waals surface area (Å²) in [4.78, 5) is 34.9. The maximum Gasteiger partial charge on any atom is 0.315 e. The van der Waals surface area contributed by atoms with Crippen molar-refractivity contribution in [3.05, 3.63) is 0 Å². The van der Waals surface area contributed by atoms with E-state index in [0.717, 1.165) is 25.0 Å². The molecule has 0 aromatic rings. The van der Waals surface area contributed by atoms with Gasteiger partial charge >= 0.3 is 6.03 Å². The number of urea groups is 1. The standard InChI is InChI=1S/C25H46N4O8S/c1-25(2,33)18-27-22(31)7-9-34-11-13-36-15-16-37-14-12-35-10-8-26-21(30)6-4-3-5-20-23-19(17-38-20)28-24(32)29-23/h19-20,23,33H,3-18H2,1-2H3,(H,26,30)(H,27,31)(H2,28,29,32)/t19-,20-,23-/m0/s1. The van der Waals surface area contributed by atoms with Crippen LogP contribution in [-0.2, 0) is 28.5 Å². The summed E-state index contributed by atoms with van der Waals surface area (Å²) in [6.45, 7) is 7.28. The molecule has 4 amide bonds. The molecule has 13 heteroatoms. The highest BCUT2D eigenvalue weighted by molar-refractivity contribution is 8.00. The molecule has 220 valence electrons.